The Bertz CT molecular complexity index is 423. The Morgan fingerprint density at radius 2 is 2.00 bits per heavy atom. The molecule has 6 N–H and O–H groups in total. The summed E-state index contributed by atoms with van der Waals surface area (Å²) in [6.07, 6.45) is 3.12. The molecule has 0 aromatic heterocycles. The van der Waals surface area contributed by atoms with Gasteiger partial charge in [-0.1, -0.05) is 12.1 Å². The fourth-order valence-electron chi connectivity index (χ4n) is 1.28. The van der Waals surface area contributed by atoms with Gasteiger partial charge in [0.25, 0.3) is 0 Å². The molecule has 17 heavy (non-hydrogen) atoms. The molecule has 0 saturated heterocycles. The minimum Gasteiger partial charge on any atom is -0.405 e. The van der Waals surface area contributed by atoms with Gasteiger partial charge in [0.2, 0.25) is 5.91 Å². The van der Waals surface area contributed by atoms with E-state index in [1.807, 2.05) is 0 Å². The van der Waals surface area contributed by atoms with E-state index in [0.29, 0.717) is 24.4 Å². The molecule has 0 unspecified atom stereocenters. The van der Waals surface area contributed by atoms with Gasteiger partial charge in [-0.25, -0.2) is 0 Å². The minimum atomic E-state index is -0.114. The molecule has 0 bridgehead atoms. The van der Waals surface area contributed by atoms with Crippen LogP contribution in [0.1, 0.15) is 12.0 Å². The maximum Gasteiger partial charge on any atom is 0.225 e. The summed E-state index contributed by atoms with van der Waals surface area (Å²) in [6, 6.07) is 6.98. The summed E-state index contributed by atoms with van der Waals surface area (Å²) >= 11 is 0. The fourth-order valence-corrected chi connectivity index (χ4v) is 1.28. The smallest absolute Gasteiger partial charge is 0.225 e. The van der Waals surface area contributed by atoms with Crippen LogP contribution in [0, 0.1) is 5.41 Å². The SMILES string of the molecule is N=C(C=CN)c1ccc(NC(=O)CCN)cc1. The Labute approximate surface area is 100 Å². The number of amides is 1. The Morgan fingerprint density at radius 1 is 1.35 bits per heavy atom. The third-order valence-electron chi connectivity index (χ3n) is 2.11. The summed E-state index contributed by atoms with van der Waals surface area (Å²) < 4.78 is 0. The molecule has 0 aliphatic rings. The van der Waals surface area contributed by atoms with Gasteiger partial charge in [-0.2, -0.15) is 0 Å². The number of nitrogens with one attached hydrogen (secondary N) is 2. The molecule has 90 valence electrons. The number of rotatable bonds is 5. The highest BCUT2D eigenvalue weighted by Crippen LogP contribution is 2.10. The lowest BCUT2D eigenvalue weighted by atomic mass is 10.1. The standard InChI is InChI=1S/C12H16N4O/c13-7-5-11(15)9-1-3-10(4-2-9)16-12(17)6-8-14/h1-5,7,15H,6,8,13-14H2,(H,16,17). The van der Waals surface area contributed by atoms with Crippen molar-refractivity contribution in [3.8, 4) is 0 Å². The molecule has 0 spiro atoms. The molecule has 0 radical (unpaired) electrons. The van der Waals surface area contributed by atoms with Crippen molar-refractivity contribution in [3.63, 3.8) is 0 Å². The molecule has 0 aliphatic heterocycles. The van der Waals surface area contributed by atoms with Crippen LogP contribution in [0.2, 0.25) is 0 Å². The van der Waals surface area contributed by atoms with Gasteiger partial charge in [-0.15, -0.1) is 0 Å². The van der Waals surface area contributed by atoms with Crippen LogP contribution < -0.4 is 16.8 Å². The number of benzene rings is 1. The molecule has 0 saturated carbocycles. The maximum absolute atomic E-state index is 11.3. The number of carbonyl (C=O) groups excluding carboxylic acids is 1. The van der Waals surface area contributed by atoms with E-state index in [0.717, 1.165) is 5.56 Å². The van der Waals surface area contributed by atoms with Crippen LogP contribution in [0.25, 0.3) is 0 Å². The predicted molar refractivity (Wildman–Crippen MR) is 68.9 cm³/mol. The summed E-state index contributed by atoms with van der Waals surface area (Å²) in [6.45, 7) is 0.329. The van der Waals surface area contributed by atoms with Gasteiger partial charge in [0.1, 0.15) is 0 Å². The Morgan fingerprint density at radius 3 is 2.53 bits per heavy atom. The lowest BCUT2D eigenvalue weighted by molar-refractivity contribution is -0.116. The zero-order chi connectivity index (χ0) is 12.7. The number of carbonyl (C=O) groups is 1. The molecule has 1 aromatic carbocycles. The van der Waals surface area contributed by atoms with Gasteiger partial charge < -0.3 is 22.2 Å². The van der Waals surface area contributed by atoms with Crippen molar-refractivity contribution in [2.45, 2.75) is 6.42 Å². The molecule has 5 heteroatoms. The first kappa shape index (κ1) is 12.9. The second-order valence-electron chi connectivity index (χ2n) is 3.44. The Kier molecular flexibility index (Phi) is 4.90. The van der Waals surface area contributed by atoms with Crippen LogP contribution in [-0.4, -0.2) is 18.2 Å². The molecule has 1 amide bonds. The second-order valence-corrected chi connectivity index (χ2v) is 3.44. The third kappa shape index (κ3) is 4.08. The highest BCUT2D eigenvalue weighted by Gasteiger charge is 2.01. The minimum absolute atomic E-state index is 0.114. The second kappa shape index (κ2) is 6.44. The summed E-state index contributed by atoms with van der Waals surface area (Å²) in [7, 11) is 0. The quantitative estimate of drug-likeness (QED) is 0.564. The van der Waals surface area contributed by atoms with E-state index in [4.69, 9.17) is 16.9 Å². The number of hydrogen-bond acceptors (Lipinski definition) is 4. The zero-order valence-electron chi connectivity index (χ0n) is 9.44. The van der Waals surface area contributed by atoms with Crippen LogP contribution >= 0.6 is 0 Å². The number of hydrogen-bond donors (Lipinski definition) is 4. The molecule has 5 nitrogen and oxygen atoms in total. The molecular weight excluding hydrogens is 216 g/mol. The molecule has 0 fully saturated rings. The molecule has 1 aromatic rings. The Hall–Kier alpha value is -2.14. The van der Waals surface area contributed by atoms with E-state index in [1.54, 1.807) is 24.3 Å². The van der Waals surface area contributed by atoms with E-state index in [1.165, 1.54) is 12.3 Å². The highest BCUT2D eigenvalue weighted by atomic mass is 16.1. The normalized spacial score (nSPS) is 10.4. The van der Waals surface area contributed by atoms with Crippen LogP contribution in [0.3, 0.4) is 0 Å². The number of nitrogens with two attached hydrogens (primary N) is 2. The summed E-state index contributed by atoms with van der Waals surface area (Å²) in [5, 5.41) is 10.3. The number of anilines is 1. The molecule has 1 rings (SSSR count). The van der Waals surface area contributed by atoms with Gasteiger partial charge >= 0.3 is 0 Å². The Balaban J connectivity index is 2.68. The first-order valence-corrected chi connectivity index (χ1v) is 5.24. The van der Waals surface area contributed by atoms with Crippen molar-refractivity contribution >= 4 is 17.3 Å². The third-order valence-corrected chi connectivity index (χ3v) is 2.11. The summed E-state index contributed by atoms with van der Waals surface area (Å²) in [4.78, 5) is 11.3. The van der Waals surface area contributed by atoms with Gasteiger partial charge in [-0.3, -0.25) is 4.79 Å². The van der Waals surface area contributed by atoms with Gasteiger partial charge in [0.05, 0.1) is 5.71 Å². The summed E-state index contributed by atoms with van der Waals surface area (Å²) in [5.74, 6) is -0.114. The van der Waals surface area contributed by atoms with Crippen LogP contribution in [-0.2, 0) is 4.79 Å². The first-order valence-electron chi connectivity index (χ1n) is 5.24. The molecule has 0 atom stereocenters. The van der Waals surface area contributed by atoms with Gasteiger partial charge in [0, 0.05) is 18.7 Å². The highest BCUT2D eigenvalue weighted by molar-refractivity contribution is 6.06. The molecular formula is C12H16N4O. The zero-order valence-corrected chi connectivity index (χ0v) is 9.44. The fraction of sp³-hybridized carbons (Fsp3) is 0.167. The maximum atomic E-state index is 11.3. The lowest BCUT2D eigenvalue weighted by Crippen LogP contribution is -2.16. The van der Waals surface area contributed by atoms with E-state index in [9.17, 15) is 4.79 Å². The van der Waals surface area contributed by atoms with Crippen LogP contribution in [0.4, 0.5) is 5.69 Å². The van der Waals surface area contributed by atoms with E-state index in [2.05, 4.69) is 5.32 Å². The van der Waals surface area contributed by atoms with Crippen molar-refractivity contribution in [1.82, 2.24) is 0 Å². The van der Waals surface area contributed by atoms with Crippen molar-refractivity contribution < 1.29 is 4.79 Å². The van der Waals surface area contributed by atoms with Gasteiger partial charge in [0.15, 0.2) is 0 Å². The average Bonchev–Trinajstić information content (AvgIpc) is 2.30. The first-order chi connectivity index (χ1) is 8.17. The van der Waals surface area contributed by atoms with Crippen LogP contribution in [0.5, 0.6) is 0 Å². The van der Waals surface area contributed by atoms with E-state index >= 15 is 0 Å². The average molecular weight is 232 g/mol. The van der Waals surface area contributed by atoms with E-state index < -0.39 is 0 Å². The summed E-state index contributed by atoms with van der Waals surface area (Å²) in [5.41, 5.74) is 12.2. The monoisotopic (exact) mass is 232 g/mol. The molecule has 0 aliphatic carbocycles. The predicted octanol–water partition coefficient (Wildman–Crippen LogP) is 0.814. The topological polar surface area (TPSA) is 105 Å². The van der Waals surface area contributed by atoms with Crippen molar-refractivity contribution in [2.75, 3.05) is 11.9 Å². The van der Waals surface area contributed by atoms with Crippen molar-refractivity contribution in [1.29, 1.82) is 5.41 Å². The van der Waals surface area contributed by atoms with Gasteiger partial charge in [-0.05, 0) is 30.0 Å². The van der Waals surface area contributed by atoms with Crippen molar-refractivity contribution in [3.05, 3.63) is 42.1 Å². The van der Waals surface area contributed by atoms with Crippen molar-refractivity contribution in [2.24, 2.45) is 11.5 Å². The largest absolute Gasteiger partial charge is 0.405 e. The van der Waals surface area contributed by atoms with E-state index in [-0.39, 0.29) is 5.91 Å². The molecule has 0 heterocycles. The van der Waals surface area contributed by atoms with Crippen LogP contribution in [0.15, 0.2) is 36.5 Å². The lowest BCUT2D eigenvalue weighted by Gasteiger charge is -2.05. The number of allylic oxidation sites excluding steroid dienone is 1.